The lowest BCUT2D eigenvalue weighted by molar-refractivity contribution is 0.316. The molecule has 0 spiro atoms. The predicted molar refractivity (Wildman–Crippen MR) is 131 cm³/mol. The zero-order valence-corrected chi connectivity index (χ0v) is 19.5. The molecule has 0 bridgehead atoms. The maximum atomic E-state index is 6.43. The van der Waals surface area contributed by atoms with Crippen LogP contribution < -0.4 is 11.5 Å². The number of aromatic nitrogens is 4. The maximum absolute atomic E-state index is 6.43. The van der Waals surface area contributed by atoms with Gasteiger partial charge in [0.05, 0.1) is 30.2 Å². The van der Waals surface area contributed by atoms with Crippen molar-refractivity contribution >= 4 is 0 Å². The van der Waals surface area contributed by atoms with Crippen LogP contribution in [0.15, 0.2) is 48.7 Å². The molecule has 0 fully saturated rings. The standard InChI is InChI=1S/C26H32N6/c1-15-12-19(17-6-8-18(9-7-17)21-14-29-22(13-27)31-21)10-11-20(15)23-16(2)30-25(32-23)24(28)26(3,4)5/h6-12,14,24H,13,27-28H2,1-5H3,(H,29,31)(H,30,32). The van der Waals surface area contributed by atoms with Crippen LogP contribution in [0.25, 0.3) is 33.6 Å². The molecule has 0 aliphatic heterocycles. The molecule has 0 radical (unpaired) electrons. The van der Waals surface area contributed by atoms with E-state index < -0.39 is 0 Å². The fourth-order valence-corrected chi connectivity index (χ4v) is 3.87. The third kappa shape index (κ3) is 4.24. The van der Waals surface area contributed by atoms with Gasteiger partial charge in [-0.3, -0.25) is 0 Å². The Hall–Kier alpha value is -3.22. The molecule has 4 rings (SSSR count). The van der Waals surface area contributed by atoms with E-state index in [0.29, 0.717) is 6.54 Å². The van der Waals surface area contributed by atoms with Crippen LogP contribution in [0.3, 0.4) is 0 Å². The van der Waals surface area contributed by atoms with E-state index in [1.54, 1.807) is 0 Å². The van der Waals surface area contributed by atoms with Gasteiger partial charge in [0.2, 0.25) is 0 Å². The van der Waals surface area contributed by atoms with Gasteiger partial charge in [0.1, 0.15) is 11.6 Å². The first kappa shape index (κ1) is 22.0. The van der Waals surface area contributed by atoms with Gasteiger partial charge in [-0.05, 0) is 41.5 Å². The summed E-state index contributed by atoms with van der Waals surface area (Å²) in [5, 5.41) is 0. The van der Waals surface area contributed by atoms with E-state index in [9.17, 15) is 0 Å². The van der Waals surface area contributed by atoms with Crippen LogP contribution in [0, 0.1) is 19.3 Å². The monoisotopic (exact) mass is 428 g/mol. The molecule has 2 heterocycles. The van der Waals surface area contributed by atoms with E-state index in [-0.39, 0.29) is 11.5 Å². The molecule has 2 aromatic heterocycles. The number of imidazole rings is 2. The average Bonchev–Trinajstić information content (AvgIpc) is 3.39. The van der Waals surface area contributed by atoms with Gasteiger partial charge in [0, 0.05) is 11.3 Å². The first-order valence-corrected chi connectivity index (χ1v) is 10.9. The van der Waals surface area contributed by atoms with Gasteiger partial charge >= 0.3 is 0 Å². The second kappa shape index (κ2) is 8.37. The van der Waals surface area contributed by atoms with Crippen molar-refractivity contribution in [2.75, 3.05) is 0 Å². The van der Waals surface area contributed by atoms with E-state index in [4.69, 9.17) is 16.5 Å². The first-order chi connectivity index (χ1) is 15.2. The van der Waals surface area contributed by atoms with E-state index >= 15 is 0 Å². The Balaban J connectivity index is 1.61. The number of benzene rings is 2. The largest absolute Gasteiger partial charge is 0.344 e. The fraction of sp³-hybridized carbons (Fsp3) is 0.308. The minimum atomic E-state index is -0.149. The number of aryl methyl sites for hydroxylation is 2. The average molecular weight is 429 g/mol. The van der Waals surface area contributed by atoms with E-state index in [0.717, 1.165) is 45.4 Å². The number of aromatic amines is 2. The molecular weight excluding hydrogens is 396 g/mol. The van der Waals surface area contributed by atoms with Gasteiger partial charge in [-0.25, -0.2) is 9.97 Å². The number of nitrogens with two attached hydrogens (primary N) is 2. The predicted octanol–water partition coefficient (Wildman–Crippen LogP) is 5.26. The van der Waals surface area contributed by atoms with Crippen LogP contribution in [-0.4, -0.2) is 19.9 Å². The highest BCUT2D eigenvalue weighted by atomic mass is 15.0. The third-order valence-electron chi connectivity index (χ3n) is 5.96. The summed E-state index contributed by atoms with van der Waals surface area (Å²) in [7, 11) is 0. The first-order valence-electron chi connectivity index (χ1n) is 10.9. The summed E-state index contributed by atoms with van der Waals surface area (Å²) in [6.45, 7) is 11.0. The Morgan fingerprint density at radius 3 is 2.19 bits per heavy atom. The molecule has 32 heavy (non-hydrogen) atoms. The molecule has 0 saturated heterocycles. The van der Waals surface area contributed by atoms with Crippen LogP contribution in [0.5, 0.6) is 0 Å². The highest BCUT2D eigenvalue weighted by molar-refractivity contribution is 5.74. The van der Waals surface area contributed by atoms with Crippen LogP contribution in [0.1, 0.15) is 49.7 Å². The zero-order chi connectivity index (χ0) is 23.0. The molecule has 0 saturated carbocycles. The van der Waals surface area contributed by atoms with Crippen molar-refractivity contribution in [1.82, 2.24) is 19.9 Å². The van der Waals surface area contributed by atoms with Gasteiger partial charge in [0.15, 0.2) is 0 Å². The lowest BCUT2D eigenvalue weighted by Crippen LogP contribution is -2.27. The number of H-pyrrole nitrogens is 2. The van der Waals surface area contributed by atoms with Crippen LogP contribution in [-0.2, 0) is 6.54 Å². The SMILES string of the molecule is Cc1cc(-c2ccc(-c3cnc(CN)[nH]3)cc2)ccc1-c1nc(C(N)C(C)(C)C)[nH]c1C. The maximum Gasteiger partial charge on any atom is 0.124 e. The van der Waals surface area contributed by atoms with Gasteiger partial charge in [0.25, 0.3) is 0 Å². The molecule has 1 unspecified atom stereocenters. The molecule has 0 aliphatic carbocycles. The summed E-state index contributed by atoms with van der Waals surface area (Å²) in [6, 6.07) is 14.8. The number of nitrogens with one attached hydrogen (secondary N) is 2. The Kier molecular flexibility index (Phi) is 5.75. The summed E-state index contributed by atoms with van der Waals surface area (Å²) in [6.07, 6.45) is 1.82. The number of hydrogen-bond acceptors (Lipinski definition) is 4. The number of hydrogen-bond donors (Lipinski definition) is 4. The molecule has 6 nitrogen and oxygen atoms in total. The summed E-state index contributed by atoms with van der Waals surface area (Å²) in [5.74, 6) is 1.62. The van der Waals surface area contributed by atoms with Crippen LogP contribution in [0.4, 0.5) is 0 Å². The minimum Gasteiger partial charge on any atom is -0.344 e. The Morgan fingerprint density at radius 1 is 0.938 bits per heavy atom. The second-order valence-electron chi connectivity index (χ2n) is 9.49. The summed E-state index contributed by atoms with van der Waals surface area (Å²) in [4.78, 5) is 15.8. The molecule has 6 heteroatoms. The molecule has 2 aromatic carbocycles. The third-order valence-corrected chi connectivity index (χ3v) is 5.96. The highest BCUT2D eigenvalue weighted by Gasteiger charge is 2.26. The van der Waals surface area contributed by atoms with Gasteiger partial charge in [-0.1, -0.05) is 63.2 Å². The van der Waals surface area contributed by atoms with Crippen LogP contribution in [0.2, 0.25) is 0 Å². The second-order valence-corrected chi connectivity index (χ2v) is 9.49. The lowest BCUT2D eigenvalue weighted by Gasteiger charge is -2.25. The highest BCUT2D eigenvalue weighted by Crippen LogP contribution is 2.34. The number of rotatable bonds is 5. The van der Waals surface area contributed by atoms with Crippen molar-refractivity contribution in [3.05, 3.63) is 71.6 Å². The Labute approximate surface area is 189 Å². The fourth-order valence-electron chi connectivity index (χ4n) is 3.87. The van der Waals surface area contributed by atoms with Crippen molar-refractivity contribution < 1.29 is 0 Å². The minimum absolute atomic E-state index is 0.0608. The van der Waals surface area contributed by atoms with Gasteiger partial charge in [-0.15, -0.1) is 0 Å². The van der Waals surface area contributed by atoms with E-state index in [1.807, 2.05) is 6.20 Å². The zero-order valence-electron chi connectivity index (χ0n) is 19.5. The van der Waals surface area contributed by atoms with Crippen molar-refractivity contribution in [3.63, 3.8) is 0 Å². The smallest absolute Gasteiger partial charge is 0.124 e. The van der Waals surface area contributed by atoms with Crippen molar-refractivity contribution in [2.24, 2.45) is 16.9 Å². The molecule has 166 valence electrons. The summed E-state index contributed by atoms with van der Waals surface area (Å²) < 4.78 is 0. The molecule has 0 aliphatic rings. The van der Waals surface area contributed by atoms with Crippen molar-refractivity contribution in [2.45, 2.75) is 47.2 Å². The number of nitrogens with zero attached hydrogens (tertiary/aromatic N) is 2. The van der Waals surface area contributed by atoms with Gasteiger partial charge < -0.3 is 21.4 Å². The quantitative estimate of drug-likeness (QED) is 0.348. The van der Waals surface area contributed by atoms with Crippen molar-refractivity contribution in [1.29, 1.82) is 0 Å². The molecular formula is C26H32N6. The molecule has 0 amide bonds. The van der Waals surface area contributed by atoms with Crippen LogP contribution >= 0.6 is 0 Å². The summed E-state index contributed by atoms with van der Waals surface area (Å²) >= 11 is 0. The van der Waals surface area contributed by atoms with E-state index in [1.165, 1.54) is 11.1 Å². The Morgan fingerprint density at radius 2 is 1.59 bits per heavy atom. The lowest BCUT2D eigenvalue weighted by atomic mass is 9.87. The van der Waals surface area contributed by atoms with Gasteiger partial charge in [-0.2, -0.15) is 0 Å². The summed E-state index contributed by atoms with van der Waals surface area (Å²) in [5.41, 5.74) is 20.7. The normalized spacial score (nSPS) is 12.8. The molecule has 1 atom stereocenters. The van der Waals surface area contributed by atoms with E-state index in [2.05, 4.69) is 92.0 Å². The van der Waals surface area contributed by atoms with Crippen molar-refractivity contribution in [3.8, 4) is 33.6 Å². The molecule has 6 N–H and O–H groups in total. The molecule has 4 aromatic rings. The topological polar surface area (TPSA) is 109 Å². The Bertz CT molecular complexity index is 1220.